The molecule has 0 unspecified atom stereocenters. The van der Waals surface area contributed by atoms with Gasteiger partial charge in [-0.2, -0.15) is 0 Å². The average Bonchev–Trinajstić information content (AvgIpc) is 1.90. The van der Waals surface area contributed by atoms with Gasteiger partial charge in [0.2, 0.25) is 0 Å². The molecule has 0 aliphatic heterocycles. The predicted octanol–water partition coefficient (Wildman–Crippen LogP) is 1.37. The Morgan fingerprint density at radius 3 is 2.50 bits per heavy atom. The molecule has 10 heavy (non-hydrogen) atoms. The SMILES string of the molecule is CC[C@H](CO)CCC(C)=O. The lowest BCUT2D eigenvalue weighted by atomic mass is 10.0. The zero-order chi connectivity index (χ0) is 7.98. The van der Waals surface area contributed by atoms with Crippen LogP contribution < -0.4 is 0 Å². The van der Waals surface area contributed by atoms with Gasteiger partial charge in [-0.25, -0.2) is 0 Å². The second kappa shape index (κ2) is 5.42. The molecule has 0 saturated heterocycles. The van der Waals surface area contributed by atoms with Crippen LogP contribution in [-0.4, -0.2) is 17.5 Å². The third-order valence-corrected chi connectivity index (χ3v) is 1.74. The number of hydrogen-bond donors (Lipinski definition) is 1. The molecule has 2 heteroatoms. The van der Waals surface area contributed by atoms with Crippen LogP contribution in [0.4, 0.5) is 0 Å². The van der Waals surface area contributed by atoms with Crippen LogP contribution in [0.1, 0.15) is 33.1 Å². The molecule has 0 aromatic carbocycles. The molecule has 0 spiro atoms. The van der Waals surface area contributed by atoms with Gasteiger partial charge in [0.05, 0.1) is 0 Å². The molecule has 1 N–H and O–H groups in total. The van der Waals surface area contributed by atoms with Crippen LogP contribution in [0.15, 0.2) is 0 Å². The number of aliphatic hydroxyl groups excluding tert-OH is 1. The monoisotopic (exact) mass is 144 g/mol. The van der Waals surface area contributed by atoms with E-state index in [1.165, 1.54) is 0 Å². The Bertz CT molecular complexity index is 95.4. The van der Waals surface area contributed by atoms with Crippen LogP contribution >= 0.6 is 0 Å². The van der Waals surface area contributed by atoms with E-state index < -0.39 is 0 Å². The van der Waals surface area contributed by atoms with E-state index in [0.29, 0.717) is 12.3 Å². The highest BCUT2D eigenvalue weighted by Crippen LogP contribution is 2.09. The van der Waals surface area contributed by atoms with Crippen molar-refractivity contribution >= 4 is 5.78 Å². The van der Waals surface area contributed by atoms with Crippen molar-refractivity contribution in [1.82, 2.24) is 0 Å². The molecule has 0 aliphatic rings. The maximum Gasteiger partial charge on any atom is 0.129 e. The molecule has 0 saturated carbocycles. The second-order valence-corrected chi connectivity index (χ2v) is 2.70. The van der Waals surface area contributed by atoms with Crippen molar-refractivity contribution in [3.63, 3.8) is 0 Å². The summed E-state index contributed by atoms with van der Waals surface area (Å²) in [7, 11) is 0. The number of carbonyl (C=O) groups excluding carboxylic acids is 1. The smallest absolute Gasteiger partial charge is 0.129 e. The van der Waals surface area contributed by atoms with Crippen LogP contribution in [0.5, 0.6) is 0 Å². The average molecular weight is 144 g/mol. The minimum Gasteiger partial charge on any atom is -0.396 e. The summed E-state index contributed by atoms with van der Waals surface area (Å²) in [5.41, 5.74) is 0. The summed E-state index contributed by atoms with van der Waals surface area (Å²) >= 11 is 0. The maximum atomic E-state index is 10.5. The summed E-state index contributed by atoms with van der Waals surface area (Å²) in [6.45, 7) is 3.83. The van der Waals surface area contributed by atoms with E-state index in [4.69, 9.17) is 5.11 Å². The lowest BCUT2D eigenvalue weighted by Gasteiger charge is -2.08. The fourth-order valence-electron chi connectivity index (χ4n) is 0.832. The first-order valence-electron chi connectivity index (χ1n) is 3.81. The van der Waals surface area contributed by atoms with Crippen molar-refractivity contribution in [2.75, 3.05) is 6.61 Å². The summed E-state index contributed by atoms with van der Waals surface area (Å²) in [5.74, 6) is 0.538. The van der Waals surface area contributed by atoms with Crippen molar-refractivity contribution in [2.45, 2.75) is 33.1 Å². The second-order valence-electron chi connectivity index (χ2n) is 2.70. The third-order valence-electron chi connectivity index (χ3n) is 1.74. The van der Waals surface area contributed by atoms with Crippen molar-refractivity contribution < 1.29 is 9.90 Å². The van der Waals surface area contributed by atoms with Crippen molar-refractivity contribution in [3.8, 4) is 0 Å². The summed E-state index contributed by atoms with van der Waals surface area (Å²) in [5, 5.41) is 8.73. The van der Waals surface area contributed by atoms with E-state index in [2.05, 4.69) is 0 Å². The van der Waals surface area contributed by atoms with Gasteiger partial charge < -0.3 is 9.90 Å². The molecule has 0 aromatic heterocycles. The van der Waals surface area contributed by atoms with E-state index in [1.807, 2.05) is 6.92 Å². The minimum atomic E-state index is 0.212. The van der Waals surface area contributed by atoms with E-state index in [0.717, 1.165) is 12.8 Å². The van der Waals surface area contributed by atoms with Crippen molar-refractivity contribution in [3.05, 3.63) is 0 Å². The first-order chi connectivity index (χ1) is 4.70. The first kappa shape index (κ1) is 9.63. The highest BCUT2D eigenvalue weighted by atomic mass is 16.3. The number of Topliss-reactive ketones (excluding diaryl/α,β-unsaturated/α-hetero) is 1. The molecule has 0 fully saturated rings. The normalized spacial score (nSPS) is 13.1. The molecular weight excluding hydrogens is 128 g/mol. The molecule has 60 valence electrons. The molecule has 0 bridgehead atoms. The minimum absolute atomic E-state index is 0.212. The Kier molecular flexibility index (Phi) is 5.22. The Morgan fingerprint density at radius 1 is 1.60 bits per heavy atom. The largest absolute Gasteiger partial charge is 0.396 e. The number of rotatable bonds is 5. The van der Waals surface area contributed by atoms with E-state index in [9.17, 15) is 4.79 Å². The molecule has 2 nitrogen and oxygen atoms in total. The van der Waals surface area contributed by atoms with E-state index >= 15 is 0 Å². The molecule has 0 aromatic rings. The molecular formula is C8H16O2. The van der Waals surface area contributed by atoms with Crippen molar-refractivity contribution in [1.29, 1.82) is 0 Å². The summed E-state index contributed by atoms with van der Waals surface area (Å²) in [6, 6.07) is 0. The number of carbonyl (C=O) groups is 1. The zero-order valence-corrected chi connectivity index (χ0v) is 6.76. The van der Waals surface area contributed by atoms with Gasteiger partial charge in [0.25, 0.3) is 0 Å². The third kappa shape index (κ3) is 4.50. The number of aliphatic hydroxyl groups is 1. The van der Waals surface area contributed by atoms with Gasteiger partial charge in [0.1, 0.15) is 5.78 Å². The van der Waals surface area contributed by atoms with Gasteiger partial charge in [-0.05, 0) is 19.3 Å². The van der Waals surface area contributed by atoms with E-state index in [-0.39, 0.29) is 12.4 Å². The van der Waals surface area contributed by atoms with Crippen LogP contribution in [0, 0.1) is 5.92 Å². The maximum absolute atomic E-state index is 10.5. The van der Waals surface area contributed by atoms with Gasteiger partial charge in [0.15, 0.2) is 0 Å². The summed E-state index contributed by atoms with van der Waals surface area (Å²) < 4.78 is 0. The van der Waals surface area contributed by atoms with Crippen LogP contribution in [0.2, 0.25) is 0 Å². The predicted molar refractivity (Wildman–Crippen MR) is 40.8 cm³/mol. The topological polar surface area (TPSA) is 37.3 Å². The Morgan fingerprint density at radius 2 is 2.20 bits per heavy atom. The lowest BCUT2D eigenvalue weighted by Crippen LogP contribution is -2.06. The highest BCUT2D eigenvalue weighted by molar-refractivity contribution is 5.75. The summed E-state index contributed by atoms with van der Waals surface area (Å²) in [6.07, 6.45) is 2.41. The fraction of sp³-hybridized carbons (Fsp3) is 0.875. The van der Waals surface area contributed by atoms with Crippen LogP contribution in [-0.2, 0) is 4.79 Å². The van der Waals surface area contributed by atoms with Gasteiger partial charge >= 0.3 is 0 Å². The molecule has 0 aliphatic carbocycles. The molecule has 1 atom stereocenters. The molecule has 0 radical (unpaired) electrons. The van der Waals surface area contributed by atoms with Gasteiger partial charge in [-0.15, -0.1) is 0 Å². The standard InChI is InChI=1S/C8H16O2/c1-3-8(6-9)5-4-7(2)10/h8-9H,3-6H2,1-2H3/t8-/m0/s1. The number of hydrogen-bond acceptors (Lipinski definition) is 2. The summed E-state index contributed by atoms with van der Waals surface area (Å²) in [4.78, 5) is 10.5. The van der Waals surface area contributed by atoms with Crippen LogP contribution in [0.3, 0.4) is 0 Å². The molecule has 0 heterocycles. The highest BCUT2D eigenvalue weighted by Gasteiger charge is 2.04. The lowest BCUT2D eigenvalue weighted by molar-refractivity contribution is -0.117. The van der Waals surface area contributed by atoms with Crippen LogP contribution in [0.25, 0.3) is 0 Å². The van der Waals surface area contributed by atoms with E-state index in [1.54, 1.807) is 6.92 Å². The quantitative estimate of drug-likeness (QED) is 0.632. The fourth-order valence-corrected chi connectivity index (χ4v) is 0.832. The van der Waals surface area contributed by atoms with Gasteiger partial charge in [-0.3, -0.25) is 0 Å². The Balaban J connectivity index is 3.34. The van der Waals surface area contributed by atoms with Crippen molar-refractivity contribution in [2.24, 2.45) is 5.92 Å². The Hall–Kier alpha value is -0.370. The van der Waals surface area contributed by atoms with Gasteiger partial charge in [-0.1, -0.05) is 13.3 Å². The number of ketones is 1. The Labute approximate surface area is 62.2 Å². The molecule has 0 amide bonds. The zero-order valence-electron chi connectivity index (χ0n) is 6.76. The first-order valence-corrected chi connectivity index (χ1v) is 3.81. The molecule has 0 rings (SSSR count). The van der Waals surface area contributed by atoms with Gasteiger partial charge in [0, 0.05) is 13.0 Å².